The van der Waals surface area contributed by atoms with Gasteiger partial charge in [-0.25, -0.2) is 4.79 Å². The van der Waals surface area contributed by atoms with Gasteiger partial charge in [0.1, 0.15) is 133 Å². The van der Waals surface area contributed by atoms with E-state index in [9.17, 15) is 112 Å². The van der Waals surface area contributed by atoms with Gasteiger partial charge in [-0.3, -0.25) is 9.59 Å². The Balaban J connectivity index is 0.919. The number of hydrogen-bond donors (Lipinski definition) is 20. The molecule has 0 aromatic heterocycles. The molecule has 6 aliphatic heterocycles. The minimum Gasteiger partial charge on any atom is -0.497 e. The van der Waals surface area contributed by atoms with Gasteiger partial charge in [0.25, 0.3) is 0 Å². The van der Waals surface area contributed by atoms with Crippen LogP contribution < -0.4 is 4.74 Å². The Morgan fingerprint density at radius 1 is 0.518 bits per heavy atom. The lowest BCUT2D eigenvalue weighted by Gasteiger charge is -2.71. The number of hydrogen-bond acceptors (Lipinski definition) is 36. The van der Waals surface area contributed by atoms with Gasteiger partial charge in [-0.15, -0.1) is 0 Å². The molecule has 4 saturated carbocycles. The third-order valence-corrected chi connectivity index (χ3v) is 26.9. The number of aliphatic carboxylic acids is 1. The molecule has 37 heteroatoms. The van der Waals surface area contributed by atoms with Gasteiger partial charge >= 0.3 is 17.9 Å². The number of rotatable bonds is 21. The summed E-state index contributed by atoms with van der Waals surface area (Å²) in [6.45, 7) is 7.92. The Labute approximate surface area is 644 Å². The third-order valence-electron chi connectivity index (χ3n) is 26.9. The molecule has 0 bridgehead atoms. The van der Waals surface area contributed by atoms with Gasteiger partial charge in [0.05, 0.1) is 70.0 Å². The van der Waals surface area contributed by atoms with Crippen LogP contribution in [0, 0.1) is 50.2 Å². The molecule has 40 atom stereocenters. The first kappa shape index (κ1) is 87.0. The van der Waals surface area contributed by atoms with Crippen LogP contribution in [0.5, 0.6) is 5.75 Å². The van der Waals surface area contributed by atoms with Crippen LogP contribution in [0.2, 0.25) is 0 Å². The number of benzene rings is 1. The van der Waals surface area contributed by atoms with Crippen molar-refractivity contribution in [1.82, 2.24) is 0 Å². The zero-order chi connectivity index (χ0) is 81.7. The van der Waals surface area contributed by atoms with Crippen molar-refractivity contribution >= 4 is 24.0 Å². The summed E-state index contributed by atoms with van der Waals surface area (Å²) in [6, 6.07) is 6.46. The second-order valence-electron chi connectivity index (χ2n) is 33.9. The number of carboxylic acid groups (broad SMARTS) is 1. The SMILES string of the molecule is COc1ccc(/C=C\C(=O)O[C@@H]2[C@H](O[C@@H]3O[C@H](CO)[C@@H](O)[C@H](O[C@@H]4O[C@H](CO)[C@@H](O)[C@H](O)[C@H]4O)[C@H]3O)[C@@H](O[C@@H]3O[C@@H](C)[C@H](O[C@@H]4OC[C@@H](O)[C@H](O)[C@H]4O)[C@@H](O)[C@H]3O)[C@H](OC(=O)[C@@]34CC[C@]5(CO)C(=CC[C@@H]6[C@@]7(C)C[C@H](O)[C@H](O[C@@H]8O[C@H](CO)[C@@H](O)[C@H](O)[C@H]8O)[C@@](C)(C(=O)O)[C@@H]7CC[C@]65C)[C@@H]3CC(C)(C)C[C@H]4O)O[C@@H]2C)cc1. The number of methoxy groups -OCH3 is 1. The minimum absolute atomic E-state index is 0.0178. The quantitative estimate of drug-likeness (QED) is 0.0236. The number of aliphatic hydroxyl groups is 19. The van der Waals surface area contributed by atoms with E-state index in [4.69, 9.17) is 66.3 Å². The monoisotopic (exact) mass is 1600 g/mol. The molecular weight excluding hydrogens is 1490 g/mol. The molecule has 37 nitrogen and oxygen atoms in total. The zero-order valence-corrected chi connectivity index (χ0v) is 63.3. The van der Waals surface area contributed by atoms with Gasteiger partial charge in [-0.2, -0.15) is 0 Å². The summed E-state index contributed by atoms with van der Waals surface area (Å²) in [5.41, 5.74) is -6.96. The third kappa shape index (κ3) is 15.1. The fraction of sp³-hybridized carbons (Fsp3) is 0.827. The Morgan fingerprint density at radius 3 is 1.65 bits per heavy atom. The second kappa shape index (κ2) is 33.5. The molecule has 11 aliphatic rings. The van der Waals surface area contributed by atoms with Gasteiger partial charge in [0.2, 0.25) is 6.29 Å². The molecule has 1 aromatic carbocycles. The fourth-order valence-corrected chi connectivity index (χ4v) is 20.7. The molecule has 10 fully saturated rings. The maximum absolute atomic E-state index is 16.6. The largest absolute Gasteiger partial charge is 0.497 e. The molecule has 6 saturated heterocycles. The van der Waals surface area contributed by atoms with E-state index < -0.39 is 298 Å². The van der Waals surface area contributed by atoms with Crippen molar-refractivity contribution in [1.29, 1.82) is 0 Å². The van der Waals surface area contributed by atoms with Gasteiger partial charge in [-0.05, 0) is 130 Å². The first-order valence-corrected chi connectivity index (χ1v) is 38.2. The molecule has 634 valence electrons. The molecule has 20 N–H and O–H groups in total. The van der Waals surface area contributed by atoms with Crippen LogP contribution in [-0.2, 0) is 76.0 Å². The predicted octanol–water partition coefficient (Wildman–Crippen LogP) is -5.44. The van der Waals surface area contributed by atoms with Crippen molar-refractivity contribution in [3.8, 4) is 5.75 Å². The highest BCUT2D eigenvalue weighted by molar-refractivity contribution is 5.87. The highest BCUT2D eigenvalue weighted by Crippen LogP contribution is 2.76. The van der Waals surface area contributed by atoms with Crippen molar-refractivity contribution in [3.63, 3.8) is 0 Å². The first-order chi connectivity index (χ1) is 52.8. The smallest absolute Gasteiger partial charge is 0.331 e. The summed E-state index contributed by atoms with van der Waals surface area (Å²) >= 11 is 0. The van der Waals surface area contributed by atoms with Crippen molar-refractivity contribution in [2.75, 3.05) is 40.1 Å². The molecule has 0 radical (unpaired) electrons. The van der Waals surface area contributed by atoms with E-state index in [-0.39, 0.29) is 51.4 Å². The zero-order valence-electron chi connectivity index (χ0n) is 63.3. The lowest BCUT2D eigenvalue weighted by Crippen LogP contribution is -2.71. The summed E-state index contributed by atoms with van der Waals surface area (Å²) in [4.78, 5) is 45.1. The van der Waals surface area contributed by atoms with Crippen molar-refractivity contribution in [2.45, 2.75) is 296 Å². The van der Waals surface area contributed by atoms with Gasteiger partial charge in [-0.1, -0.05) is 51.5 Å². The number of allylic oxidation sites excluding steroid dienone is 1. The molecule has 5 aliphatic carbocycles. The van der Waals surface area contributed by atoms with E-state index in [0.29, 0.717) is 16.9 Å². The fourth-order valence-electron chi connectivity index (χ4n) is 20.7. The Bertz CT molecular complexity index is 3480. The van der Waals surface area contributed by atoms with Crippen LogP contribution in [0.4, 0.5) is 0 Å². The Hall–Kier alpha value is -4.29. The van der Waals surface area contributed by atoms with Crippen LogP contribution in [0.1, 0.15) is 105 Å². The van der Waals surface area contributed by atoms with Crippen molar-refractivity contribution in [2.24, 2.45) is 50.2 Å². The van der Waals surface area contributed by atoms with Crippen LogP contribution in [0.3, 0.4) is 0 Å². The molecule has 12 rings (SSSR count). The summed E-state index contributed by atoms with van der Waals surface area (Å²) in [7, 11) is 1.45. The van der Waals surface area contributed by atoms with Gasteiger partial charge in [0.15, 0.2) is 43.7 Å². The molecule has 6 heterocycles. The first-order valence-electron chi connectivity index (χ1n) is 38.2. The maximum atomic E-state index is 16.6. The topological polar surface area (TPSA) is 585 Å². The van der Waals surface area contributed by atoms with E-state index >= 15 is 4.79 Å². The molecule has 0 amide bonds. The average molecular weight is 1610 g/mol. The van der Waals surface area contributed by atoms with E-state index in [1.165, 1.54) is 34.0 Å². The summed E-state index contributed by atoms with van der Waals surface area (Å²) < 4.78 is 85.3. The number of carbonyl (C=O) groups is 3. The summed E-state index contributed by atoms with van der Waals surface area (Å²) in [5, 5.41) is 225. The normalized spacial score (nSPS) is 50.2. The number of aliphatic hydroxyl groups excluding tert-OH is 19. The van der Waals surface area contributed by atoms with Crippen LogP contribution in [-0.4, -0.2) is 357 Å². The predicted molar refractivity (Wildman–Crippen MR) is 371 cm³/mol. The number of esters is 2. The van der Waals surface area contributed by atoms with Crippen molar-refractivity contribution < 1.29 is 183 Å². The lowest BCUT2D eigenvalue weighted by molar-refractivity contribution is -0.398. The van der Waals surface area contributed by atoms with Crippen LogP contribution in [0.15, 0.2) is 42.0 Å². The number of fused-ring (bicyclic) bond motifs is 7. The Morgan fingerprint density at radius 2 is 1.05 bits per heavy atom. The minimum atomic E-state index is -2.32. The van der Waals surface area contributed by atoms with Gasteiger partial charge in [0, 0.05) is 11.5 Å². The molecule has 0 unspecified atom stereocenters. The highest BCUT2D eigenvalue weighted by Gasteiger charge is 2.75. The highest BCUT2D eigenvalue weighted by atomic mass is 16.8. The van der Waals surface area contributed by atoms with Crippen LogP contribution in [0.25, 0.3) is 6.08 Å². The number of carbonyl (C=O) groups excluding carboxylic acids is 2. The van der Waals surface area contributed by atoms with E-state index in [1.807, 2.05) is 33.8 Å². The number of ether oxygens (including phenoxy) is 14. The number of carboxylic acids is 1. The average Bonchev–Trinajstić information content (AvgIpc) is 0.666. The maximum Gasteiger partial charge on any atom is 0.331 e. The lowest BCUT2D eigenvalue weighted by atomic mass is 9.33. The summed E-state index contributed by atoms with van der Waals surface area (Å²) in [6.07, 6.45) is -55.4. The molecule has 112 heavy (non-hydrogen) atoms. The van der Waals surface area contributed by atoms with E-state index in [0.717, 1.165) is 6.08 Å². The van der Waals surface area contributed by atoms with E-state index in [2.05, 4.69) is 0 Å². The van der Waals surface area contributed by atoms with Gasteiger partial charge < -0.3 is 168 Å². The standard InChI is InChI=1S/C75H112O37/c1-29-56(107-62-51(91)44(84)36(81)27-100-62)50(90)54(94)63(101-29)110-60-59(109-66-55(95)58(47(87)39(26-78)105-66)108-64-52(92)48(88)45(85)37(24-76)103-64)57(106-43(83)16-11-31-9-12-32(99-8)13-10-31)30(2)102-67(60)112-69(98)75-20-19-74(28-79)33(34(75)21-70(3,4)23-42(75)82)14-15-40-71(5)22-35(80)61(73(7,68(96)97)41(71)17-18-72(40,74)6)111-65-53(93)49(89)46(86)38(25-77)104-65/h9-14,16,29-30,34-42,44-67,76-82,84-95H,15,17-28H2,1-8H3,(H,96,97)/b16-11-/t29-,30+,34-,35-,36+,37+,38+,39+,40+,41+,42+,44-,45+,46+,47+,48-,49-,50-,51+,52+,53+,54+,55+,56-,57-,58-,59-,60+,61-,62-,63-,64-,65-,66-,67-,71+,72+,73-,74-,75-/m0/s1. The summed E-state index contributed by atoms with van der Waals surface area (Å²) in [5.74, 6) is -5.46. The van der Waals surface area contributed by atoms with Crippen LogP contribution >= 0.6 is 0 Å². The van der Waals surface area contributed by atoms with Crippen molar-refractivity contribution in [3.05, 3.63) is 47.6 Å². The molecule has 0 spiro atoms. The molecular formula is C75H112O37. The van der Waals surface area contributed by atoms with E-state index in [1.54, 1.807) is 24.3 Å². The second-order valence-corrected chi connectivity index (χ2v) is 33.9. The molecule has 1 aromatic rings. The Kier molecular flexibility index (Phi) is 26.0.